The van der Waals surface area contributed by atoms with Gasteiger partial charge in [-0.3, -0.25) is 4.90 Å². The van der Waals surface area contributed by atoms with E-state index in [4.69, 9.17) is 4.52 Å². The molecule has 0 spiro atoms. The van der Waals surface area contributed by atoms with Crippen LogP contribution in [0.2, 0.25) is 0 Å². The Morgan fingerprint density at radius 3 is 2.90 bits per heavy atom. The van der Waals surface area contributed by atoms with E-state index in [0.29, 0.717) is 0 Å². The number of likely N-dealkylation sites (tertiary alicyclic amines) is 1. The number of benzene rings is 1. The first-order valence-electron chi connectivity index (χ1n) is 7.39. The average Bonchev–Trinajstić information content (AvgIpc) is 3.11. The molecule has 4 heteroatoms. The highest BCUT2D eigenvalue weighted by molar-refractivity contribution is 5.27. The van der Waals surface area contributed by atoms with Crippen molar-refractivity contribution in [3.8, 4) is 6.07 Å². The summed E-state index contributed by atoms with van der Waals surface area (Å²) >= 11 is 0. The quantitative estimate of drug-likeness (QED) is 0.863. The van der Waals surface area contributed by atoms with Crippen LogP contribution in [0.25, 0.3) is 0 Å². The minimum atomic E-state index is -0.0854. The van der Waals surface area contributed by atoms with Crippen LogP contribution in [0, 0.1) is 18.3 Å². The Morgan fingerprint density at radius 1 is 1.43 bits per heavy atom. The summed E-state index contributed by atoms with van der Waals surface area (Å²) in [7, 11) is 0. The summed E-state index contributed by atoms with van der Waals surface area (Å²) < 4.78 is 5.32. The molecule has 1 aromatic heterocycles. The molecule has 2 heterocycles. The van der Waals surface area contributed by atoms with Gasteiger partial charge >= 0.3 is 0 Å². The molecule has 0 N–H and O–H groups in total. The molecule has 2 unspecified atom stereocenters. The van der Waals surface area contributed by atoms with Crippen LogP contribution < -0.4 is 0 Å². The van der Waals surface area contributed by atoms with Gasteiger partial charge in [0.15, 0.2) is 5.76 Å². The minimum absolute atomic E-state index is 0.0854. The van der Waals surface area contributed by atoms with E-state index in [0.717, 1.165) is 42.9 Å². The molecule has 4 nitrogen and oxygen atoms in total. The first kappa shape index (κ1) is 13.8. The predicted molar refractivity (Wildman–Crippen MR) is 79.5 cm³/mol. The molecule has 0 aliphatic carbocycles. The number of aromatic nitrogens is 1. The molecule has 1 saturated heterocycles. The minimum Gasteiger partial charge on any atom is -0.360 e. The molecular formula is C17H19N3O. The summed E-state index contributed by atoms with van der Waals surface area (Å²) in [6.07, 6.45) is 2.18. The normalized spacial score (nSPS) is 20.3. The largest absolute Gasteiger partial charge is 0.360 e. The zero-order valence-corrected chi connectivity index (χ0v) is 12.2. The Bertz CT molecular complexity index is 629. The maximum Gasteiger partial charge on any atom is 0.150 e. The zero-order valence-electron chi connectivity index (χ0n) is 12.2. The molecule has 1 fully saturated rings. The second-order valence-electron chi connectivity index (χ2n) is 5.63. The van der Waals surface area contributed by atoms with Crippen LogP contribution in [0.15, 0.2) is 40.9 Å². The fourth-order valence-electron chi connectivity index (χ4n) is 3.16. The third-order valence-electron chi connectivity index (χ3n) is 4.13. The number of nitriles is 1. The number of hydrogen-bond acceptors (Lipinski definition) is 4. The van der Waals surface area contributed by atoms with Gasteiger partial charge in [-0.1, -0.05) is 35.5 Å². The van der Waals surface area contributed by atoms with Crippen LogP contribution in [0.3, 0.4) is 0 Å². The van der Waals surface area contributed by atoms with Crippen molar-refractivity contribution in [1.29, 1.82) is 5.26 Å². The van der Waals surface area contributed by atoms with Crippen molar-refractivity contribution in [2.45, 2.75) is 38.3 Å². The van der Waals surface area contributed by atoms with Gasteiger partial charge in [0.25, 0.3) is 0 Å². The lowest BCUT2D eigenvalue weighted by atomic mass is 9.91. The van der Waals surface area contributed by atoms with Crippen LogP contribution >= 0.6 is 0 Å². The summed E-state index contributed by atoms with van der Waals surface area (Å²) in [5.41, 5.74) is 2.01. The zero-order chi connectivity index (χ0) is 14.7. The number of nitrogens with zero attached hydrogens (tertiary/aromatic N) is 3. The van der Waals surface area contributed by atoms with E-state index in [9.17, 15) is 5.26 Å². The van der Waals surface area contributed by atoms with Gasteiger partial charge in [-0.25, -0.2) is 0 Å². The van der Waals surface area contributed by atoms with Crippen molar-refractivity contribution >= 4 is 0 Å². The topological polar surface area (TPSA) is 53.1 Å². The van der Waals surface area contributed by atoms with Crippen molar-refractivity contribution in [1.82, 2.24) is 10.1 Å². The van der Waals surface area contributed by atoms with Crippen molar-refractivity contribution in [3.05, 3.63) is 53.4 Å². The molecule has 1 aliphatic rings. The van der Waals surface area contributed by atoms with Crippen LogP contribution in [-0.2, 0) is 6.54 Å². The molecule has 2 atom stereocenters. The molecule has 3 rings (SSSR count). The highest BCUT2D eigenvalue weighted by atomic mass is 16.5. The second kappa shape index (κ2) is 6.11. The van der Waals surface area contributed by atoms with Crippen molar-refractivity contribution in [2.75, 3.05) is 6.54 Å². The van der Waals surface area contributed by atoms with Crippen LogP contribution in [-0.4, -0.2) is 22.6 Å². The molecule has 0 amide bonds. The smallest absolute Gasteiger partial charge is 0.150 e. The Kier molecular flexibility index (Phi) is 4.03. The standard InChI is InChI=1S/C17H19N3O/c1-13-10-15(21-19-13)12-20-9-5-8-17(20)16(11-18)14-6-3-2-4-7-14/h2-4,6-7,10,16-17H,5,8-9,12H2,1H3. The van der Waals surface area contributed by atoms with E-state index in [1.807, 2.05) is 43.3 Å². The summed E-state index contributed by atoms with van der Waals surface area (Å²) in [4.78, 5) is 2.35. The molecule has 0 saturated carbocycles. The molecular weight excluding hydrogens is 262 g/mol. The Hall–Kier alpha value is -2.12. The first-order chi connectivity index (χ1) is 10.3. The number of aryl methyl sites for hydroxylation is 1. The molecule has 0 bridgehead atoms. The summed E-state index contributed by atoms with van der Waals surface area (Å²) in [6.45, 7) is 3.67. The van der Waals surface area contributed by atoms with Gasteiger partial charge in [0.2, 0.25) is 0 Å². The Morgan fingerprint density at radius 2 is 2.24 bits per heavy atom. The first-order valence-corrected chi connectivity index (χ1v) is 7.39. The summed E-state index contributed by atoms with van der Waals surface area (Å²) in [5.74, 6) is 0.793. The van der Waals surface area contributed by atoms with Gasteiger partial charge in [-0.15, -0.1) is 0 Å². The summed E-state index contributed by atoms with van der Waals surface area (Å²) in [6, 6.07) is 14.8. The van der Waals surface area contributed by atoms with Gasteiger partial charge in [-0.2, -0.15) is 5.26 Å². The lowest BCUT2D eigenvalue weighted by Crippen LogP contribution is -2.33. The van der Waals surface area contributed by atoms with Crippen LogP contribution in [0.4, 0.5) is 0 Å². The van der Waals surface area contributed by atoms with Gasteiger partial charge < -0.3 is 4.52 Å². The van der Waals surface area contributed by atoms with E-state index in [1.165, 1.54) is 0 Å². The van der Waals surface area contributed by atoms with E-state index in [2.05, 4.69) is 16.1 Å². The monoisotopic (exact) mass is 281 g/mol. The molecule has 108 valence electrons. The predicted octanol–water partition coefficient (Wildman–Crippen LogP) is 3.25. The van der Waals surface area contributed by atoms with E-state index in [-0.39, 0.29) is 12.0 Å². The van der Waals surface area contributed by atoms with Gasteiger partial charge in [0.05, 0.1) is 24.2 Å². The highest BCUT2D eigenvalue weighted by Crippen LogP contribution is 2.31. The van der Waals surface area contributed by atoms with Gasteiger partial charge in [0.1, 0.15) is 0 Å². The fraction of sp³-hybridized carbons (Fsp3) is 0.412. The summed E-state index contributed by atoms with van der Waals surface area (Å²) in [5, 5.41) is 13.6. The van der Waals surface area contributed by atoms with Crippen molar-refractivity contribution in [3.63, 3.8) is 0 Å². The fourth-order valence-corrected chi connectivity index (χ4v) is 3.16. The average molecular weight is 281 g/mol. The lowest BCUT2D eigenvalue weighted by Gasteiger charge is -2.27. The highest BCUT2D eigenvalue weighted by Gasteiger charge is 2.33. The molecule has 1 aliphatic heterocycles. The number of hydrogen-bond donors (Lipinski definition) is 0. The molecule has 1 aromatic carbocycles. The van der Waals surface area contributed by atoms with Crippen molar-refractivity contribution < 1.29 is 4.52 Å². The third kappa shape index (κ3) is 2.98. The number of rotatable bonds is 4. The SMILES string of the molecule is Cc1cc(CN2CCCC2C(C#N)c2ccccc2)on1. The lowest BCUT2D eigenvalue weighted by molar-refractivity contribution is 0.205. The molecule has 2 aromatic rings. The van der Waals surface area contributed by atoms with Crippen molar-refractivity contribution in [2.24, 2.45) is 0 Å². The van der Waals surface area contributed by atoms with Gasteiger partial charge in [-0.05, 0) is 31.9 Å². The Balaban J connectivity index is 1.78. The van der Waals surface area contributed by atoms with E-state index < -0.39 is 0 Å². The Labute approximate surface area is 125 Å². The van der Waals surface area contributed by atoms with Gasteiger partial charge in [0, 0.05) is 12.1 Å². The van der Waals surface area contributed by atoms with Crippen LogP contribution in [0.5, 0.6) is 0 Å². The maximum atomic E-state index is 9.62. The molecule has 21 heavy (non-hydrogen) atoms. The van der Waals surface area contributed by atoms with Crippen LogP contribution in [0.1, 0.15) is 35.8 Å². The second-order valence-corrected chi connectivity index (χ2v) is 5.63. The molecule has 0 radical (unpaired) electrons. The third-order valence-corrected chi connectivity index (χ3v) is 4.13. The maximum absolute atomic E-state index is 9.62. The van der Waals surface area contributed by atoms with E-state index >= 15 is 0 Å². The van der Waals surface area contributed by atoms with E-state index in [1.54, 1.807) is 0 Å².